The van der Waals surface area contributed by atoms with Crippen molar-refractivity contribution in [3.63, 3.8) is 0 Å². The highest BCUT2D eigenvalue weighted by atomic mass is 32.1. The Kier molecular flexibility index (Phi) is 7.87. The number of hydrogen-bond donors (Lipinski definition) is 1. The number of halogens is 1. The summed E-state index contributed by atoms with van der Waals surface area (Å²) in [6.07, 6.45) is 1.09. The van der Waals surface area contributed by atoms with E-state index in [1.807, 2.05) is 37.3 Å². The third kappa shape index (κ3) is 6.51. The molecule has 1 aliphatic rings. The lowest BCUT2D eigenvalue weighted by Gasteiger charge is -2.31. The molecule has 0 atom stereocenters. The molecule has 7 nitrogen and oxygen atoms in total. The zero-order chi connectivity index (χ0) is 24.8. The van der Waals surface area contributed by atoms with Crippen LogP contribution in [0.5, 0.6) is 0 Å². The molecule has 4 rings (SSSR count). The van der Waals surface area contributed by atoms with Gasteiger partial charge in [-0.05, 0) is 56.2 Å². The summed E-state index contributed by atoms with van der Waals surface area (Å²) in [4.78, 5) is 44.2. The van der Waals surface area contributed by atoms with Gasteiger partial charge in [-0.3, -0.25) is 14.4 Å². The predicted octanol–water partition coefficient (Wildman–Crippen LogP) is 4.22. The van der Waals surface area contributed by atoms with Crippen LogP contribution in [0.2, 0.25) is 0 Å². The number of ether oxygens (including phenoxy) is 1. The number of likely N-dealkylation sites (tertiary alicyclic amines) is 1. The standard InChI is InChI=1S/C26H26FN3O4S/c1-17-28-25(18-7-9-20(27)10-8-18)22(35-17)15-24(32)34-16-23(31)30-13-11-19(12-14-30)26(33)29-21-5-3-2-4-6-21/h2-10,19H,11-16H2,1H3,(H,29,33). The molecule has 9 heteroatoms. The van der Waals surface area contributed by atoms with Gasteiger partial charge in [0, 0.05) is 35.1 Å². The van der Waals surface area contributed by atoms with E-state index in [9.17, 15) is 18.8 Å². The summed E-state index contributed by atoms with van der Waals surface area (Å²) < 4.78 is 18.5. The number of carbonyl (C=O) groups excluding carboxylic acids is 3. The van der Waals surface area contributed by atoms with Gasteiger partial charge in [0.15, 0.2) is 6.61 Å². The number of hydrogen-bond acceptors (Lipinski definition) is 6. The summed E-state index contributed by atoms with van der Waals surface area (Å²) >= 11 is 1.37. The van der Waals surface area contributed by atoms with Gasteiger partial charge in [-0.1, -0.05) is 18.2 Å². The second-order valence-electron chi connectivity index (χ2n) is 8.36. The van der Waals surface area contributed by atoms with E-state index in [2.05, 4.69) is 10.3 Å². The number of thiazole rings is 1. The number of carbonyl (C=O) groups is 3. The van der Waals surface area contributed by atoms with Gasteiger partial charge in [0.05, 0.1) is 17.1 Å². The summed E-state index contributed by atoms with van der Waals surface area (Å²) in [5.41, 5.74) is 2.09. The first-order valence-electron chi connectivity index (χ1n) is 11.4. The molecule has 0 saturated carbocycles. The van der Waals surface area contributed by atoms with Crippen molar-refractivity contribution in [2.75, 3.05) is 25.0 Å². The minimum atomic E-state index is -0.525. The average Bonchev–Trinajstić information content (AvgIpc) is 3.23. The van der Waals surface area contributed by atoms with Crippen LogP contribution in [-0.2, 0) is 25.5 Å². The number of rotatable bonds is 7. The van der Waals surface area contributed by atoms with E-state index in [1.54, 1.807) is 17.0 Å². The number of nitrogens with one attached hydrogen (secondary N) is 1. The topological polar surface area (TPSA) is 88.6 Å². The molecule has 0 unspecified atom stereocenters. The van der Waals surface area contributed by atoms with Crippen LogP contribution in [0.1, 0.15) is 22.7 Å². The molecule has 35 heavy (non-hydrogen) atoms. The molecule has 2 amide bonds. The zero-order valence-corrected chi connectivity index (χ0v) is 20.1. The quantitative estimate of drug-likeness (QED) is 0.496. The third-order valence-electron chi connectivity index (χ3n) is 5.84. The number of amides is 2. The van der Waals surface area contributed by atoms with Crippen molar-refractivity contribution in [1.82, 2.24) is 9.88 Å². The number of piperidine rings is 1. The molecular formula is C26H26FN3O4S. The normalized spacial score (nSPS) is 13.9. The number of esters is 1. The molecule has 1 aromatic heterocycles. The molecular weight excluding hydrogens is 469 g/mol. The fourth-order valence-electron chi connectivity index (χ4n) is 3.99. The van der Waals surface area contributed by atoms with Crippen molar-refractivity contribution < 1.29 is 23.5 Å². The van der Waals surface area contributed by atoms with Gasteiger partial charge in [0.25, 0.3) is 5.91 Å². The lowest BCUT2D eigenvalue weighted by Crippen LogP contribution is -2.43. The van der Waals surface area contributed by atoms with Crippen molar-refractivity contribution in [2.24, 2.45) is 5.92 Å². The summed E-state index contributed by atoms with van der Waals surface area (Å²) in [6, 6.07) is 15.2. The Morgan fingerprint density at radius 1 is 1.09 bits per heavy atom. The maximum Gasteiger partial charge on any atom is 0.311 e. The number of nitrogens with zero attached hydrogens (tertiary/aromatic N) is 2. The number of benzene rings is 2. The average molecular weight is 496 g/mol. The van der Waals surface area contributed by atoms with Crippen LogP contribution in [0.25, 0.3) is 11.3 Å². The van der Waals surface area contributed by atoms with Crippen molar-refractivity contribution in [3.05, 3.63) is 70.3 Å². The van der Waals surface area contributed by atoms with Crippen molar-refractivity contribution in [2.45, 2.75) is 26.2 Å². The third-order valence-corrected chi connectivity index (χ3v) is 6.81. The van der Waals surface area contributed by atoms with Crippen molar-refractivity contribution in [1.29, 1.82) is 0 Å². The molecule has 0 radical (unpaired) electrons. The monoisotopic (exact) mass is 495 g/mol. The van der Waals surface area contributed by atoms with Crippen LogP contribution in [0.15, 0.2) is 54.6 Å². The second-order valence-corrected chi connectivity index (χ2v) is 9.65. The molecule has 0 bridgehead atoms. The molecule has 0 spiro atoms. The molecule has 182 valence electrons. The van der Waals surface area contributed by atoms with Crippen LogP contribution in [0.4, 0.5) is 10.1 Å². The minimum absolute atomic E-state index is 0.0206. The fraction of sp³-hybridized carbons (Fsp3) is 0.308. The van der Waals surface area contributed by atoms with Crippen LogP contribution in [0.3, 0.4) is 0 Å². The molecule has 1 fully saturated rings. The predicted molar refractivity (Wildman–Crippen MR) is 131 cm³/mol. The molecule has 1 aliphatic heterocycles. The molecule has 2 aromatic carbocycles. The fourth-order valence-corrected chi connectivity index (χ4v) is 4.94. The Morgan fingerprint density at radius 3 is 2.46 bits per heavy atom. The molecule has 1 saturated heterocycles. The minimum Gasteiger partial charge on any atom is -0.455 e. The highest BCUT2D eigenvalue weighted by Crippen LogP contribution is 2.29. The largest absolute Gasteiger partial charge is 0.455 e. The van der Waals surface area contributed by atoms with Gasteiger partial charge >= 0.3 is 5.97 Å². The zero-order valence-electron chi connectivity index (χ0n) is 19.3. The second kappa shape index (κ2) is 11.2. The van der Waals surface area contributed by atoms with Crippen LogP contribution < -0.4 is 5.32 Å². The first kappa shape index (κ1) is 24.5. The Hall–Kier alpha value is -3.59. The van der Waals surface area contributed by atoms with Gasteiger partial charge in [-0.15, -0.1) is 11.3 Å². The van der Waals surface area contributed by atoms with Crippen LogP contribution in [-0.4, -0.2) is 47.4 Å². The lowest BCUT2D eigenvalue weighted by molar-refractivity contribution is -0.152. The number of para-hydroxylation sites is 1. The van der Waals surface area contributed by atoms with Gasteiger partial charge in [0.1, 0.15) is 5.82 Å². The van der Waals surface area contributed by atoms with Crippen molar-refractivity contribution in [3.8, 4) is 11.3 Å². The Labute approximate surface area is 206 Å². The number of anilines is 1. The molecule has 0 aliphatic carbocycles. The highest BCUT2D eigenvalue weighted by Gasteiger charge is 2.28. The Balaban J connectivity index is 1.24. The summed E-state index contributed by atoms with van der Waals surface area (Å²) in [6.45, 7) is 2.36. The maximum absolute atomic E-state index is 13.2. The van der Waals surface area contributed by atoms with E-state index in [-0.39, 0.29) is 36.6 Å². The highest BCUT2D eigenvalue weighted by molar-refractivity contribution is 7.12. The Morgan fingerprint density at radius 2 is 1.77 bits per heavy atom. The summed E-state index contributed by atoms with van der Waals surface area (Å²) in [7, 11) is 0. The van der Waals surface area contributed by atoms with E-state index < -0.39 is 5.97 Å². The van der Waals surface area contributed by atoms with E-state index >= 15 is 0 Å². The van der Waals surface area contributed by atoms with Gasteiger partial charge in [-0.2, -0.15) is 0 Å². The number of aromatic nitrogens is 1. The van der Waals surface area contributed by atoms with E-state index in [0.717, 1.165) is 10.7 Å². The van der Waals surface area contributed by atoms with Crippen LogP contribution >= 0.6 is 11.3 Å². The SMILES string of the molecule is Cc1nc(-c2ccc(F)cc2)c(CC(=O)OCC(=O)N2CCC(C(=O)Nc3ccccc3)CC2)s1. The van der Waals surface area contributed by atoms with Gasteiger partial charge in [-0.25, -0.2) is 9.37 Å². The first-order valence-corrected chi connectivity index (χ1v) is 12.2. The Bertz CT molecular complexity index is 1190. The first-order chi connectivity index (χ1) is 16.9. The number of aryl methyl sites for hydroxylation is 1. The summed E-state index contributed by atoms with van der Waals surface area (Å²) in [5.74, 6) is -1.36. The summed E-state index contributed by atoms with van der Waals surface area (Å²) in [5, 5.41) is 3.69. The molecule has 3 aromatic rings. The van der Waals surface area contributed by atoms with Gasteiger partial charge < -0.3 is 15.0 Å². The molecule has 2 heterocycles. The lowest BCUT2D eigenvalue weighted by atomic mass is 9.95. The maximum atomic E-state index is 13.2. The van der Waals surface area contributed by atoms with Gasteiger partial charge in [0.2, 0.25) is 5.91 Å². The smallest absolute Gasteiger partial charge is 0.311 e. The van der Waals surface area contributed by atoms with E-state index in [1.165, 1.54) is 23.5 Å². The van der Waals surface area contributed by atoms with E-state index in [0.29, 0.717) is 42.1 Å². The van der Waals surface area contributed by atoms with Crippen molar-refractivity contribution >= 4 is 34.8 Å². The van der Waals surface area contributed by atoms with E-state index in [4.69, 9.17) is 4.74 Å². The molecule has 1 N–H and O–H groups in total. The van der Waals surface area contributed by atoms with Crippen LogP contribution in [0, 0.1) is 18.7 Å².